The zero-order valence-corrected chi connectivity index (χ0v) is 15.1. The number of nitrogens with zero attached hydrogens (tertiary/aromatic N) is 1. The first-order valence-electron chi connectivity index (χ1n) is 8.86. The molecule has 1 aromatic heterocycles. The van der Waals surface area contributed by atoms with Crippen molar-refractivity contribution in [2.75, 3.05) is 14.1 Å². The summed E-state index contributed by atoms with van der Waals surface area (Å²) >= 11 is 0. The Hall–Kier alpha value is -2.63. The van der Waals surface area contributed by atoms with Gasteiger partial charge in [-0.1, -0.05) is 36.4 Å². The van der Waals surface area contributed by atoms with E-state index < -0.39 is 0 Å². The van der Waals surface area contributed by atoms with E-state index in [2.05, 4.69) is 28.8 Å². The molecular formula is C21H23N3O2. The molecule has 5 heteroatoms. The van der Waals surface area contributed by atoms with Crippen LogP contribution in [0.25, 0.3) is 11.0 Å². The third-order valence-electron chi connectivity index (χ3n) is 4.73. The van der Waals surface area contributed by atoms with E-state index >= 15 is 0 Å². The van der Waals surface area contributed by atoms with E-state index in [4.69, 9.17) is 4.42 Å². The van der Waals surface area contributed by atoms with Gasteiger partial charge < -0.3 is 20.0 Å². The van der Waals surface area contributed by atoms with E-state index in [0.717, 1.165) is 35.2 Å². The van der Waals surface area contributed by atoms with Gasteiger partial charge in [-0.3, -0.25) is 4.79 Å². The molecule has 0 spiro atoms. The van der Waals surface area contributed by atoms with Crippen LogP contribution in [0.5, 0.6) is 0 Å². The molecule has 1 aliphatic heterocycles. The molecule has 5 nitrogen and oxygen atoms in total. The summed E-state index contributed by atoms with van der Waals surface area (Å²) in [5, 5.41) is 7.34. The zero-order chi connectivity index (χ0) is 18.1. The van der Waals surface area contributed by atoms with Gasteiger partial charge in [0.25, 0.3) is 5.91 Å². The Labute approximate surface area is 153 Å². The lowest BCUT2D eigenvalue weighted by atomic mass is 10.1. The van der Waals surface area contributed by atoms with Crippen LogP contribution in [0.2, 0.25) is 0 Å². The number of hydrogen-bond donors (Lipinski definition) is 2. The van der Waals surface area contributed by atoms with Crippen LogP contribution >= 0.6 is 0 Å². The molecule has 2 heterocycles. The van der Waals surface area contributed by atoms with Crippen LogP contribution in [0, 0.1) is 0 Å². The first kappa shape index (κ1) is 16.8. The van der Waals surface area contributed by atoms with Crippen molar-refractivity contribution in [1.82, 2.24) is 15.5 Å². The van der Waals surface area contributed by atoms with Gasteiger partial charge >= 0.3 is 0 Å². The molecule has 0 radical (unpaired) electrons. The Kier molecular flexibility index (Phi) is 4.49. The molecule has 4 rings (SSSR count). The molecule has 0 bridgehead atoms. The van der Waals surface area contributed by atoms with Crippen LogP contribution in [0.15, 0.2) is 46.9 Å². The maximum atomic E-state index is 12.8. The molecule has 0 unspecified atom stereocenters. The first-order valence-corrected chi connectivity index (χ1v) is 8.86. The standard InChI is InChI=1S/C21H23N3O2/c1-24(2)13-18-17-5-3-4-6-19(17)26-20(18)21(25)23-10-14-7-8-15-11-22-12-16(15)9-14/h3-9,22H,10-13H2,1-2H3,(H,23,25). The fourth-order valence-electron chi connectivity index (χ4n) is 3.48. The van der Waals surface area contributed by atoms with Crippen molar-refractivity contribution >= 4 is 16.9 Å². The molecule has 26 heavy (non-hydrogen) atoms. The van der Waals surface area contributed by atoms with Gasteiger partial charge in [-0.25, -0.2) is 0 Å². The van der Waals surface area contributed by atoms with Crippen molar-refractivity contribution < 1.29 is 9.21 Å². The number of rotatable bonds is 5. The fraction of sp³-hybridized carbons (Fsp3) is 0.286. The van der Waals surface area contributed by atoms with Gasteiger partial charge in [-0.05, 0) is 36.9 Å². The van der Waals surface area contributed by atoms with Crippen LogP contribution in [0.4, 0.5) is 0 Å². The average Bonchev–Trinajstić information content (AvgIpc) is 3.24. The highest BCUT2D eigenvalue weighted by Crippen LogP contribution is 2.27. The van der Waals surface area contributed by atoms with Gasteiger partial charge in [0.05, 0.1) is 0 Å². The van der Waals surface area contributed by atoms with E-state index in [-0.39, 0.29) is 5.91 Å². The van der Waals surface area contributed by atoms with Crippen LogP contribution < -0.4 is 10.6 Å². The van der Waals surface area contributed by atoms with E-state index in [9.17, 15) is 4.79 Å². The lowest BCUT2D eigenvalue weighted by Gasteiger charge is -2.10. The Morgan fingerprint density at radius 2 is 1.96 bits per heavy atom. The van der Waals surface area contributed by atoms with Crippen LogP contribution in [0.3, 0.4) is 0 Å². The summed E-state index contributed by atoms with van der Waals surface area (Å²) in [5.74, 6) is 0.236. The fourth-order valence-corrected chi connectivity index (χ4v) is 3.48. The molecule has 0 saturated carbocycles. The number of amides is 1. The molecule has 2 aromatic carbocycles. The number of hydrogen-bond acceptors (Lipinski definition) is 4. The molecule has 134 valence electrons. The number of para-hydroxylation sites is 1. The van der Waals surface area contributed by atoms with Crippen molar-refractivity contribution in [3.63, 3.8) is 0 Å². The number of fused-ring (bicyclic) bond motifs is 2. The van der Waals surface area contributed by atoms with Gasteiger partial charge in [0, 0.05) is 37.1 Å². The Morgan fingerprint density at radius 3 is 2.81 bits per heavy atom. The SMILES string of the molecule is CN(C)Cc1c(C(=O)NCc2ccc3c(c2)CNC3)oc2ccccc12. The van der Waals surface area contributed by atoms with E-state index in [1.165, 1.54) is 11.1 Å². The monoisotopic (exact) mass is 349 g/mol. The van der Waals surface area contributed by atoms with Gasteiger partial charge in [-0.2, -0.15) is 0 Å². The quantitative estimate of drug-likeness (QED) is 0.743. The Bertz CT molecular complexity index is 959. The third kappa shape index (κ3) is 3.23. The molecule has 3 aromatic rings. The minimum absolute atomic E-state index is 0.170. The molecule has 0 saturated heterocycles. The highest BCUT2D eigenvalue weighted by atomic mass is 16.3. The largest absolute Gasteiger partial charge is 0.451 e. The van der Waals surface area contributed by atoms with Gasteiger partial charge in [0.2, 0.25) is 0 Å². The minimum Gasteiger partial charge on any atom is -0.451 e. The predicted octanol–water partition coefficient (Wildman–Crippen LogP) is 3.03. The lowest BCUT2D eigenvalue weighted by molar-refractivity contribution is 0.0923. The second-order valence-electron chi connectivity index (χ2n) is 7.03. The summed E-state index contributed by atoms with van der Waals surface area (Å²) in [5.41, 5.74) is 5.44. The predicted molar refractivity (Wildman–Crippen MR) is 102 cm³/mol. The second kappa shape index (κ2) is 6.94. The molecular weight excluding hydrogens is 326 g/mol. The van der Waals surface area contributed by atoms with Gasteiger partial charge in [0.15, 0.2) is 5.76 Å². The number of benzene rings is 2. The third-order valence-corrected chi connectivity index (χ3v) is 4.73. The topological polar surface area (TPSA) is 57.5 Å². The van der Waals surface area contributed by atoms with Crippen molar-refractivity contribution in [3.8, 4) is 0 Å². The van der Waals surface area contributed by atoms with Crippen molar-refractivity contribution in [2.24, 2.45) is 0 Å². The van der Waals surface area contributed by atoms with Gasteiger partial charge in [0.1, 0.15) is 5.58 Å². The second-order valence-corrected chi connectivity index (χ2v) is 7.03. The number of carbonyl (C=O) groups excluding carboxylic acids is 1. The molecule has 0 aliphatic carbocycles. The highest BCUT2D eigenvalue weighted by Gasteiger charge is 2.21. The molecule has 1 amide bonds. The summed E-state index contributed by atoms with van der Waals surface area (Å²) in [7, 11) is 3.98. The summed E-state index contributed by atoms with van der Waals surface area (Å²) in [6.45, 7) is 2.97. The van der Waals surface area contributed by atoms with E-state index in [1.54, 1.807) is 0 Å². The summed E-state index contributed by atoms with van der Waals surface area (Å²) in [6.07, 6.45) is 0. The summed E-state index contributed by atoms with van der Waals surface area (Å²) in [6, 6.07) is 14.2. The van der Waals surface area contributed by atoms with Crippen LogP contribution in [-0.4, -0.2) is 24.9 Å². The maximum Gasteiger partial charge on any atom is 0.287 e. The average molecular weight is 349 g/mol. The highest BCUT2D eigenvalue weighted by molar-refractivity contribution is 5.99. The van der Waals surface area contributed by atoms with Crippen molar-refractivity contribution in [1.29, 1.82) is 0 Å². The number of nitrogens with one attached hydrogen (secondary N) is 2. The summed E-state index contributed by atoms with van der Waals surface area (Å²) < 4.78 is 5.88. The van der Waals surface area contributed by atoms with E-state index in [0.29, 0.717) is 18.8 Å². The number of carbonyl (C=O) groups is 1. The van der Waals surface area contributed by atoms with Gasteiger partial charge in [-0.15, -0.1) is 0 Å². The zero-order valence-electron chi connectivity index (χ0n) is 15.1. The Morgan fingerprint density at radius 1 is 1.15 bits per heavy atom. The number of furan rings is 1. The Balaban J connectivity index is 1.56. The molecule has 1 aliphatic rings. The lowest BCUT2D eigenvalue weighted by Crippen LogP contribution is -2.24. The first-order chi connectivity index (χ1) is 12.6. The molecule has 0 atom stereocenters. The van der Waals surface area contributed by atoms with Crippen LogP contribution in [-0.2, 0) is 26.2 Å². The summed E-state index contributed by atoms with van der Waals surface area (Å²) in [4.78, 5) is 14.8. The molecule has 2 N–H and O–H groups in total. The van der Waals surface area contributed by atoms with Crippen molar-refractivity contribution in [2.45, 2.75) is 26.2 Å². The van der Waals surface area contributed by atoms with Crippen molar-refractivity contribution in [3.05, 3.63) is 70.5 Å². The maximum absolute atomic E-state index is 12.8. The van der Waals surface area contributed by atoms with Crippen LogP contribution in [0.1, 0.15) is 32.8 Å². The smallest absolute Gasteiger partial charge is 0.287 e. The minimum atomic E-state index is -0.170. The van der Waals surface area contributed by atoms with E-state index in [1.807, 2.05) is 43.3 Å². The molecule has 0 fully saturated rings. The normalized spacial score (nSPS) is 13.3.